The van der Waals surface area contributed by atoms with Gasteiger partial charge in [0.05, 0.1) is 25.2 Å². The standard InChI is InChI=1S/C22H26N2O6S/c1-2-28-14-7-9-15(10-8-14)29-12-11-19(26)30-13-18(25)24-22-20(21(23)27)16-5-3-4-6-17(16)31-22/h7-10H,2-6,11-13H2,1H3,(H2,23,27)(H,24,25). The van der Waals surface area contributed by atoms with E-state index in [1.165, 1.54) is 11.3 Å². The molecule has 0 spiro atoms. The van der Waals surface area contributed by atoms with Gasteiger partial charge in [-0.3, -0.25) is 14.4 Å². The molecule has 1 aromatic carbocycles. The van der Waals surface area contributed by atoms with Crippen molar-refractivity contribution in [2.45, 2.75) is 39.0 Å². The zero-order valence-corrected chi connectivity index (χ0v) is 18.2. The van der Waals surface area contributed by atoms with E-state index in [0.29, 0.717) is 22.9 Å². The fraction of sp³-hybridized carbons (Fsp3) is 0.409. The quantitative estimate of drug-likeness (QED) is 0.542. The summed E-state index contributed by atoms with van der Waals surface area (Å²) in [6.45, 7) is 2.17. The van der Waals surface area contributed by atoms with Crippen LogP contribution in [0.25, 0.3) is 0 Å². The maximum Gasteiger partial charge on any atom is 0.309 e. The number of ether oxygens (including phenoxy) is 3. The normalized spacial score (nSPS) is 12.5. The summed E-state index contributed by atoms with van der Waals surface area (Å²) < 4.78 is 15.9. The third-order valence-electron chi connectivity index (χ3n) is 4.74. The van der Waals surface area contributed by atoms with Gasteiger partial charge in [-0.25, -0.2) is 0 Å². The summed E-state index contributed by atoms with van der Waals surface area (Å²) in [5, 5.41) is 3.09. The number of nitrogens with two attached hydrogens (primary N) is 1. The number of hydrogen-bond donors (Lipinski definition) is 2. The highest BCUT2D eigenvalue weighted by atomic mass is 32.1. The van der Waals surface area contributed by atoms with Crippen molar-refractivity contribution in [3.8, 4) is 11.5 Å². The first-order valence-electron chi connectivity index (χ1n) is 10.2. The summed E-state index contributed by atoms with van der Waals surface area (Å²) in [5.41, 5.74) is 6.83. The molecule has 166 valence electrons. The molecule has 0 aliphatic heterocycles. The highest BCUT2D eigenvalue weighted by Crippen LogP contribution is 2.37. The minimum atomic E-state index is -0.557. The van der Waals surface area contributed by atoms with Crippen LogP contribution < -0.4 is 20.5 Å². The van der Waals surface area contributed by atoms with Crippen LogP contribution in [0.5, 0.6) is 11.5 Å². The lowest BCUT2D eigenvalue weighted by atomic mass is 9.95. The van der Waals surface area contributed by atoms with Gasteiger partial charge in [0.15, 0.2) is 6.61 Å². The molecule has 31 heavy (non-hydrogen) atoms. The second kappa shape index (κ2) is 10.8. The van der Waals surface area contributed by atoms with Crippen LogP contribution in [-0.4, -0.2) is 37.6 Å². The third-order valence-corrected chi connectivity index (χ3v) is 5.95. The summed E-state index contributed by atoms with van der Waals surface area (Å²) >= 11 is 1.37. The number of primary amides is 1. The van der Waals surface area contributed by atoms with Gasteiger partial charge in [0, 0.05) is 4.88 Å². The molecule has 0 atom stereocenters. The van der Waals surface area contributed by atoms with Gasteiger partial charge in [-0.15, -0.1) is 11.3 Å². The minimum absolute atomic E-state index is 0.000323. The van der Waals surface area contributed by atoms with E-state index in [9.17, 15) is 14.4 Å². The average Bonchev–Trinajstić information content (AvgIpc) is 3.11. The molecule has 2 aromatic rings. The first-order chi connectivity index (χ1) is 15.0. The Morgan fingerprint density at radius 2 is 1.74 bits per heavy atom. The molecule has 3 rings (SSSR count). The summed E-state index contributed by atoms with van der Waals surface area (Å²) in [5.74, 6) is -0.275. The van der Waals surface area contributed by atoms with Crippen molar-refractivity contribution >= 4 is 34.1 Å². The molecule has 1 aliphatic carbocycles. The molecule has 0 radical (unpaired) electrons. The van der Waals surface area contributed by atoms with E-state index in [1.807, 2.05) is 6.92 Å². The third kappa shape index (κ3) is 6.21. The van der Waals surface area contributed by atoms with Crippen molar-refractivity contribution in [2.75, 3.05) is 25.1 Å². The van der Waals surface area contributed by atoms with Crippen LogP contribution in [0.15, 0.2) is 24.3 Å². The Kier molecular flexibility index (Phi) is 7.88. The largest absolute Gasteiger partial charge is 0.494 e. The maximum absolute atomic E-state index is 12.2. The van der Waals surface area contributed by atoms with E-state index < -0.39 is 24.4 Å². The highest BCUT2D eigenvalue weighted by Gasteiger charge is 2.25. The molecule has 0 bridgehead atoms. The Labute approximate surface area is 184 Å². The van der Waals surface area contributed by atoms with Gasteiger partial charge in [0.1, 0.15) is 16.5 Å². The molecular formula is C22H26N2O6S. The Morgan fingerprint density at radius 3 is 2.42 bits per heavy atom. The number of fused-ring (bicyclic) bond motifs is 1. The first-order valence-corrected chi connectivity index (χ1v) is 11.0. The van der Waals surface area contributed by atoms with E-state index in [4.69, 9.17) is 19.9 Å². The van der Waals surface area contributed by atoms with Gasteiger partial charge < -0.3 is 25.3 Å². The first kappa shape index (κ1) is 22.6. The van der Waals surface area contributed by atoms with Crippen molar-refractivity contribution in [1.82, 2.24) is 0 Å². The summed E-state index contributed by atoms with van der Waals surface area (Å²) in [7, 11) is 0. The lowest BCUT2D eigenvalue weighted by molar-refractivity contribution is -0.147. The molecule has 1 heterocycles. The number of amides is 2. The number of rotatable bonds is 10. The fourth-order valence-electron chi connectivity index (χ4n) is 3.35. The van der Waals surface area contributed by atoms with Crippen molar-refractivity contribution < 1.29 is 28.6 Å². The van der Waals surface area contributed by atoms with E-state index in [0.717, 1.165) is 41.9 Å². The predicted molar refractivity (Wildman–Crippen MR) is 117 cm³/mol. The molecule has 2 amide bonds. The molecule has 8 nitrogen and oxygen atoms in total. The van der Waals surface area contributed by atoms with Crippen molar-refractivity contribution in [1.29, 1.82) is 0 Å². The maximum atomic E-state index is 12.2. The summed E-state index contributed by atoms with van der Waals surface area (Å²) in [4.78, 5) is 37.0. The summed E-state index contributed by atoms with van der Waals surface area (Å²) in [6.07, 6.45) is 3.70. The molecule has 0 saturated carbocycles. The number of aryl methyl sites for hydroxylation is 1. The molecular weight excluding hydrogens is 420 g/mol. The Bertz CT molecular complexity index is 938. The molecule has 3 N–H and O–H groups in total. The van der Waals surface area contributed by atoms with E-state index >= 15 is 0 Å². The summed E-state index contributed by atoms with van der Waals surface area (Å²) in [6, 6.07) is 7.07. The van der Waals surface area contributed by atoms with Gasteiger partial charge >= 0.3 is 5.97 Å². The molecule has 0 fully saturated rings. The SMILES string of the molecule is CCOc1ccc(OCCC(=O)OCC(=O)Nc2sc3c(c2C(N)=O)CCCC3)cc1. The van der Waals surface area contributed by atoms with Gasteiger partial charge in [-0.1, -0.05) is 0 Å². The second-order valence-corrected chi connectivity index (χ2v) is 8.10. The number of hydrogen-bond acceptors (Lipinski definition) is 7. The van der Waals surface area contributed by atoms with Crippen LogP contribution in [0.3, 0.4) is 0 Å². The fourth-order valence-corrected chi connectivity index (χ4v) is 4.66. The molecule has 9 heteroatoms. The Balaban J connectivity index is 1.43. The van der Waals surface area contributed by atoms with E-state index in [1.54, 1.807) is 24.3 Å². The number of esters is 1. The number of thiophene rings is 1. The Morgan fingerprint density at radius 1 is 1.06 bits per heavy atom. The van der Waals surface area contributed by atoms with Crippen LogP contribution >= 0.6 is 11.3 Å². The molecule has 0 unspecified atom stereocenters. The second-order valence-electron chi connectivity index (χ2n) is 6.99. The minimum Gasteiger partial charge on any atom is -0.494 e. The van der Waals surface area contributed by atoms with Gasteiger partial charge in [-0.05, 0) is 62.4 Å². The number of carbonyl (C=O) groups excluding carboxylic acids is 3. The molecule has 1 aliphatic rings. The Hall–Kier alpha value is -3.07. The molecule has 0 saturated heterocycles. The smallest absolute Gasteiger partial charge is 0.309 e. The van der Waals surface area contributed by atoms with Crippen molar-refractivity contribution in [3.63, 3.8) is 0 Å². The highest BCUT2D eigenvalue weighted by molar-refractivity contribution is 7.17. The van der Waals surface area contributed by atoms with Gasteiger partial charge in [-0.2, -0.15) is 0 Å². The number of benzene rings is 1. The number of nitrogens with one attached hydrogen (secondary N) is 1. The van der Waals surface area contributed by atoms with Crippen LogP contribution in [0.2, 0.25) is 0 Å². The predicted octanol–water partition coefficient (Wildman–Crippen LogP) is 3.08. The van der Waals surface area contributed by atoms with Gasteiger partial charge in [0.25, 0.3) is 11.8 Å². The lowest BCUT2D eigenvalue weighted by Gasteiger charge is -2.11. The number of carbonyl (C=O) groups is 3. The van der Waals surface area contributed by atoms with E-state index in [-0.39, 0.29) is 13.0 Å². The molecule has 1 aromatic heterocycles. The average molecular weight is 447 g/mol. The van der Waals surface area contributed by atoms with Crippen LogP contribution in [0, 0.1) is 0 Å². The zero-order valence-electron chi connectivity index (χ0n) is 17.4. The van der Waals surface area contributed by atoms with Gasteiger partial charge in [0.2, 0.25) is 0 Å². The zero-order chi connectivity index (χ0) is 22.2. The van der Waals surface area contributed by atoms with Crippen LogP contribution in [0.4, 0.5) is 5.00 Å². The van der Waals surface area contributed by atoms with Crippen LogP contribution in [0.1, 0.15) is 47.0 Å². The van der Waals surface area contributed by atoms with Crippen LogP contribution in [-0.2, 0) is 27.2 Å². The lowest BCUT2D eigenvalue weighted by Crippen LogP contribution is -2.23. The monoisotopic (exact) mass is 446 g/mol. The topological polar surface area (TPSA) is 117 Å². The van der Waals surface area contributed by atoms with Crippen molar-refractivity contribution in [3.05, 3.63) is 40.3 Å². The van der Waals surface area contributed by atoms with E-state index in [2.05, 4.69) is 5.32 Å². The number of anilines is 1. The van der Waals surface area contributed by atoms with Crippen molar-refractivity contribution in [2.24, 2.45) is 5.73 Å².